The first-order valence-electron chi connectivity index (χ1n) is 7.91. The van der Waals surface area contributed by atoms with E-state index in [1.165, 1.54) is 0 Å². The van der Waals surface area contributed by atoms with E-state index in [1.807, 2.05) is 30.2 Å². The Morgan fingerprint density at radius 2 is 2.41 bits per heavy atom. The minimum atomic E-state index is 0.237. The SMILES string of the molecule is Cc1cc([C@H]2CCCN(C(=O)CCc3cccnc3)C2)n[nH]1. The normalized spacial score (nSPS) is 18.4. The number of hydrogen-bond acceptors (Lipinski definition) is 3. The summed E-state index contributed by atoms with van der Waals surface area (Å²) in [4.78, 5) is 18.5. The second-order valence-corrected chi connectivity index (χ2v) is 6.02. The molecule has 1 N–H and O–H groups in total. The lowest BCUT2D eigenvalue weighted by atomic mass is 9.94. The summed E-state index contributed by atoms with van der Waals surface area (Å²) in [5.74, 6) is 0.599. The van der Waals surface area contributed by atoms with Gasteiger partial charge in [-0.3, -0.25) is 14.9 Å². The third-order valence-electron chi connectivity index (χ3n) is 4.27. The van der Waals surface area contributed by atoms with E-state index in [0.29, 0.717) is 12.3 Å². The number of carbonyl (C=O) groups excluding carboxylic acids is 1. The standard InChI is InChI=1S/C17H22N4O/c1-13-10-16(20-19-13)15-5-3-9-21(12-15)17(22)7-6-14-4-2-8-18-11-14/h2,4,8,10-11,15H,3,5-7,9,12H2,1H3,(H,19,20)/t15-/m0/s1. The first-order chi connectivity index (χ1) is 10.7. The van der Waals surface area contributed by atoms with E-state index in [1.54, 1.807) is 6.20 Å². The van der Waals surface area contributed by atoms with Crippen molar-refractivity contribution in [2.75, 3.05) is 13.1 Å². The molecular formula is C17H22N4O. The third kappa shape index (κ3) is 3.53. The molecule has 2 aromatic heterocycles. The maximum absolute atomic E-state index is 12.4. The van der Waals surface area contributed by atoms with Crippen LogP contribution in [0.5, 0.6) is 0 Å². The molecule has 5 heteroatoms. The highest BCUT2D eigenvalue weighted by Crippen LogP contribution is 2.26. The van der Waals surface area contributed by atoms with Crippen LogP contribution in [-0.4, -0.2) is 39.1 Å². The lowest BCUT2D eigenvalue weighted by molar-refractivity contribution is -0.132. The minimum absolute atomic E-state index is 0.237. The van der Waals surface area contributed by atoms with Gasteiger partial charge in [0.15, 0.2) is 0 Å². The molecule has 2 aromatic rings. The zero-order valence-electron chi connectivity index (χ0n) is 13.0. The topological polar surface area (TPSA) is 61.9 Å². The Morgan fingerprint density at radius 3 is 3.14 bits per heavy atom. The average Bonchev–Trinajstić information content (AvgIpc) is 3.00. The lowest BCUT2D eigenvalue weighted by Crippen LogP contribution is -2.39. The molecule has 0 bridgehead atoms. The van der Waals surface area contributed by atoms with Crippen molar-refractivity contribution >= 4 is 5.91 Å². The summed E-state index contributed by atoms with van der Waals surface area (Å²) in [7, 11) is 0. The van der Waals surface area contributed by atoms with Crippen LogP contribution in [0.1, 0.15) is 42.1 Å². The molecule has 1 amide bonds. The fourth-order valence-electron chi connectivity index (χ4n) is 3.05. The summed E-state index contributed by atoms with van der Waals surface area (Å²) >= 11 is 0. The predicted octanol–water partition coefficient (Wildman–Crippen LogP) is 2.45. The van der Waals surface area contributed by atoms with Gasteiger partial charge in [0.2, 0.25) is 5.91 Å². The smallest absolute Gasteiger partial charge is 0.222 e. The van der Waals surface area contributed by atoms with Crippen LogP contribution in [0.25, 0.3) is 0 Å². The largest absolute Gasteiger partial charge is 0.342 e. The van der Waals surface area contributed by atoms with Crippen molar-refractivity contribution in [2.45, 2.75) is 38.5 Å². The average molecular weight is 298 g/mol. The highest BCUT2D eigenvalue weighted by molar-refractivity contribution is 5.76. The van der Waals surface area contributed by atoms with Crippen molar-refractivity contribution in [3.05, 3.63) is 47.5 Å². The number of amides is 1. The molecule has 1 aliphatic rings. The van der Waals surface area contributed by atoms with Crippen LogP contribution in [0, 0.1) is 6.92 Å². The van der Waals surface area contributed by atoms with Gasteiger partial charge >= 0.3 is 0 Å². The van der Waals surface area contributed by atoms with E-state index in [4.69, 9.17) is 0 Å². The molecule has 1 aliphatic heterocycles. The Kier molecular flexibility index (Phi) is 4.51. The molecule has 0 spiro atoms. The van der Waals surface area contributed by atoms with Crippen molar-refractivity contribution in [2.24, 2.45) is 0 Å². The van der Waals surface area contributed by atoms with Gasteiger partial charge in [-0.15, -0.1) is 0 Å². The number of likely N-dealkylation sites (tertiary alicyclic amines) is 1. The summed E-state index contributed by atoms with van der Waals surface area (Å²) in [5, 5.41) is 7.35. The maximum Gasteiger partial charge on any atom is 0.222 e. The van der Waals surface area contributed by atoms with Crippen LogP contribution in [0.15, 0.2) is 30.6 Å². The molecule has 116 valence electrons. The van der Waals surface area contributed by atoms with Crippen LogP contribution in [0.2, 0.25) is 0 Å². The summed E-state index contributed by atoms with van der Waals surface area (Å²) in [6, 6.07) is 6.02. The van der Waals surface area contributed by atoms with E-state index in [0.717, 1.165) is 49.3 Å². The van der Waals surface area contributed by atoms with E-state index < -0.39 is 0 Å². The van der Waals surface area contributed by atoms with Gasteiger partial charge in [0.1, 0.15) is 0 Å². The van der Waals surface area contributed by atoms with Crippen LogP contribution in [0.4, 0.5) is 0 Å². The minimum Gasteiger partial charge on any atom is -0.342 e. The number of piperidine rings is 1. The summed E-state index contributed by atoms with van der Waals surface area (Å²) in [6.07, 6.45) is 7.06. The van der Waals surface area contributed by atoms with Crippen molar-refractivity contribution in [1.82, 2.24) is 20.1 Å². The van der Waals surface area contributed by atoms with Crippen molar-refractivity contribution in [3.63, 3.8) is 0 Å². The number of pyridine rings is 1. The van der Waals surface area contributed by atoms with Gasteiger partial charge in [-0.25, -0.2) is 0 Å². The first-order valence-corrected chi connectivity index (χ1v) is 7.91. The Hall–Kier alpha value is -2.17. The van der Waals surface area contributed by atoms with Gasteiger partial charge in [0.05, 0.1) is 5.69 Å². The molecule has 22 heavy (non-hydrogen) atoms. The monoisotopic (exact) mass is 298 g/mol. The number of hydrogen-bond donors (Lipinski definition) is 1. The molecule has 3 rings (SSSR count). The second-order valence-electron chi connectivity index (χ2n) is 6.02. The van der Waals surface area contributed by atoms with Crippen molar-refractivity contribution < 1.29 is 4.79 Å². The zero-order valence-corrected chi connectivity index (χ0v) is 13.0. The summed E-state index contributed by atoms with van der Waals surface area (Å²) in [6.45, 7) is 3.66. The number of H-pyrrole nitrogens is 1. The summed E-state index contributed by atoms with van der Waals surface area (Å²) in [5.41, 5.74) is 3.28. The highest BCUT2D eigenvalue weighted by Gasteiger charge is 2.25. The molecule has 0 unspecified atom stereocenters. The Bertz CT molecular complexity index is 623. The highest BCUT2D eigenvalue weighted by atomic mass is 16.2. The lowest BCUT2D eigenvalue weighted by Gasteiger charge is -2.32. The Labute approximate surface area is 130 Å². The Balaban J connectivity index is 1.56. The van der Waals surface area contributed by atoms with E-state index in [2.05, 4.69) is 21.2 Å². The van der Waals surface area contributed by atoms with Crippen LogP contribution in [0.3, 0.4) is 0 Å². The number of aryl methyl sites for hydroxylation is 2. The molecule has 1 fully saturated rings. The fourth-order valence-corrected chi connectivity index (χ4v) is 3.05. The molecule has 5 nitrogen and oxygen atoms in total. The third-order valence-corrected chi connectivity index (χ3v) is 4.27. The molecule has 1 atom stereocenters. The first kappa shape index (κ1) is 14.8. The van der Waals surface area contributed by atoms with Gasteiger partial charge in [-0.1, -0.05) is 6.07 Å². The zero-order chi connectivity index (χ0) is 15.4. The number of aromatic amines is 1. The predicted molar refractivity (Wildman–Crippen MR) is 84.4 cm³/mol. The summed E-state index contributed by atoms with van der Waals surface area (Å²) < 4.78 is 0. The van der Waals surface area contributed by atoms with E-state index in [9.17, 15) is 4.79 Å². The van der Waals surface area contributed by atoms with Crippen molar-refractivity contribution in [1.29, 1.82) is 0 Å². The van der Waals surface area contributed by atoms with Crippen LogP contribution in [-0.2, 0) is 11.2 Å². The van der Waals surface area contributed by atoms with Gasteiger partial charge in [-0.2, -0.15) is 5.10 Å². The quantitative estimate of drug-likeness (QED) is 0.943. The number of nitrogens with zero attached hydrogens (tertiary/aromatic N) is 3. The van der Waals surface area contributed by atoms with E-state index >= 15 is 0 Å². The van der Waals surface area contributed by atoms with Gasteiger partial charge < -0.3 is 4.90 Å². The fraction of sp³-hybridized carbons (Fsp3) is 0.471. The maximum atomic E-state index is 12.4. The number of rotatable bonds is 4. The number of carbonyl (C=O) groups is 1. The van der Waals surface area contributed by atoms with Gasteiger partial charge in [-0.05, 0) is 43.9 Å². The molecule has 0 aromatic carbocycles. The van der Waals surface area contributed by atoms with E-state index in [-0.39, 0.29) is 5.91 Å². The molecular weight excluding hydrogens is 276 g/mol. The molecule has 0 saturated carbocycles. The van der Waals surface area contributed by atoms with Gasteiger partial charge in [0, 0.05) is 43.5 Å². The number of aromatic nitrogens is 3. The molecule has 0 aliphatic carbocycles. The second kappa shape index (κ2) is 6.73. The molecule has 1 saturated heterocycles. The van der Waals surface area contributed by atoms with Crippen molar-refractivity contribution in [3.8, 4) is 0 Å². The molecule has 0 radical (unpaired) electrons. The van der Waals surface area contributed by atoms with Crippen LogP contribution >= 0.6 is 0 Å². The number of nitrogens with one attached hydrogen (secondary N) is 1. The Morgan fingerprint density at radius 1 is 1.50 bits per heavy atom. The molecule has 3 heterocycles. The van der Waals surface area contributed by atoms with Crippen LogP contribution < -0.4 is 0 Å². The van der Waals surface area contributed by atoms with Gasteiger partial charge in [0.25, 0.3) is 0 Å².